The first kappa shape index (κ1) is 44.6. The first-order valence-electron chi connectivity index (χ1n) is 21.7. The van der Waals surface area contributed by atoms with Crippen molar-refractivity contribution in [2.24, 2.45) is 0 Å². The number of nitrogens with one attached hydrogen (secondary N) is 2. The van der Waals surface area contributed by atoms with Gasteiger partial charge in [0.05, 0.1) is 24.6 Å². The van der Waals surface area contributed by atoms with Gasteiger partial charge in [-0.1, -0.05) is 154 Å². The minimum Gasteiger partial charge on any atom is -0.493 e. The van der Waals surface area contributed by atoms with Crippen LogP contribution in [0, 0.1) is 0 Å². The lowest BCUT2D eigenvalue weighted by atomic mass is 9.98. The van der Waals surface area contributed by atoms with Gasteiger partial charge in [-0.25, -0.2) is 0 Å². The molecule has 0 unspecified atom stereocenters. The van der Waals surface area contributed by atoms with Crippen LogP contribution in [0.1, 0.15) is 156 Å². The van der Waals surface area contributed by atoms with Crippen molar-refractivity contribution in [3.63, 3.8) is 0 Å². The Kier molecular flexibility index (Phi) is 22.9. The molecule has 0 saturated carbocycles. The van der Waals surface area contributed by atoms with Crippen LogP contribution in [0.25, 0.3) is 22.3 Å². The van der Waals surface area contributed by atoms with Crippen molar-refractivity contribution >= 4 is 11.4 Å². The van der Waals surface area contributed by atoms with Crippen LogP contribution in [0.5, 0.6) is 11.5 Å². The normalized spacial score (nSPS) is 11.0. The Balaban J connectivity index is 1.86. The van der Waals surface area contributed by atoms with E-state index in [0.29, 0.717) is 37.7 Å². The van der Waals surface area contributed by atoms with Crippen LogP contribution in [-0.2, 0) is 0 Å². The molecule has 3 aromatic carbocycles. The molecule has 0 spiro atoms. The second-order valence-electron chi connectivity index (χ2n) is 14.8. The van der Waals surface area contributed by atoms with Crippen LogP contribution in [0.2, 0.25) is 0 Å². The fourth-order valence-corrected chi connectivity index (χ4v) is 6.96. The average Bonchev–Trinajstić information content (AvgIpc) is 3.47. The predicted molar refractivity (Wildman–Crippen MR) is 233 cm³/mol. The lowest BCUT2D eigenvalue weighted by Crippen LogP contribution is -2.06. The fraction of sp³-hybridized carbons (Fsp3) is 0.583. The molecule has 3 rings (SSSR count). The summed E-state index contributed by atoms with van der Waals surface area (Å²) in [5, 5.41) is 6.38. The van der Waals surface area contributed by atoms with Gasteiger partial charge in [0.25, 0.3) is 0 Å². The van der Waals surface area contributed by atoms with Gasteiger partial charge in [-0.2, -0.15) is 0 Å². The summed E-state index contributed by atoms with van der Waals surface area (Å²) in [6.07, 6.45) is 25.3. The summed E-state index contributed by atoms with van der Waals surface area (Å²) in [6, 6.07) is 18.8. The number of hydrogen-bond donors (Lipinski definition) is 2. The van der Waals surface area contributed by atoms with Gasteiger partial charge in [0, 0.05) is 30.3 Å². The lowest BCUT2D eigenvalue weighted by molar-refractivity contribution is 0.291. The molecule has 6 heteroatoms. The number of rotatable bonds is 30. The zero-order chi connectivity index (χ0) is 38.6. The molecule has 0 bridgehead atoms. The maximum absolute atomic E-state index is 12.9. The Morgan fingerprint density at radius 2 is 0.741 bits per heavy atom. The highest BCUT2D eigenvalue weighted by Gasteiger charge is 2.16. The smallest absolute Gasteiger partial charge is 0.201 e. The third kappa shape index (κ3) is 16.7. The van der Waals surface area contributed by atoms with Crippen molar-refractivity contribution in [1.29, 1.82) is 0 Å². The SMILES string of the molecule is CCCCCCCCCCCCOc1cc(OCCCCCCCCCCCC)c(-c2ccc(NCC)c(=O)cc2)cc1-c1ccc(NCC)c(=O)cc1. The van der Waals surface area contributed by atoms with Gasteiger partial charge >= 0.3 is 0 Å². The fourth-order valence-electron chi connectivity index (χ4n) is 6.96. The molecule has 0 aliphatic carbocycles. The quantitative estimate of drug-likeness (QED) is 0.0663. The van der Waals surface area contributed by atoms with Crippen LogP contribution in [0.3, 0.4) is 0 Å². The number of unbranched alkanes of at least 4 members (excludes halogenated alkanes) is 18. The van der Waals surface area contributed by atoms with E-state index in [4.69, 9.17) is 9.47 Å². The third-order valence-corrected chi connectivity index (χ3v) is 10.2. The molecule has 0 atom stereocenters. The highest BCUT2D eigenvalue weighted by Crippen LogP contribution is 2.41. The van der Waals surface area contributed by atoms with E-state index >= 15 is 0 Å². The zero-order valence-corrected chi connectivity index (χ0v) is 34.4. The van der Waals surface area contributed by atoms with Gasteiger partial charge in [0.15, 0.2) is 0 Å². The van der Waals surface area contributed by atoms with Crippen molar-refractivity contribution in [2.75, 3.05) is 36.9 Å². The minimum absolute atomic E-state index is 0.0541. The molecule has 2 N–H and O–H groups in total. The summed E-state index contributed by atoms with van der Waals surface area (Å²) in [5.41, 5.74) is 4.59. The summed E-state index contributed by atoms with van der Waals surface area (Å²) in [7, 11) is 0. The summed E-state index contributed by atoms with van der Waals surface area (Å²) in [4.78, 5) is 25.8. The first-order valence-corrected chi connectivity index (χ1v) is 21.7. The standard InChI is InChI=1S/C48H72N2O4/c1-5-9-11-13-15-17-19-21-23-25-35-53-47-38-48(54-36-26-24-22-20-18-16-14-12-10-6-2)42(40-28-32-44(50-8-4)46(52)34-30-40)37-41(47)39-27-31-43(49-7-3)45(51)33-29-39/h27-34,37-38H,5-26,35-36H2,1-4H3,(H,49,51)(H,50,52). The molecule has 0 aromatic heterocycles. The van der Waals surface area contributed by atoms with Crippen LogP contribution in [0.15, 0.2) is 70.3 Å². The Morgan fingerprint density at radius 3 is 1.09 bits per heavy atom. The molecular formula is C48H72N2O4. The molecule has 298 valence electrons. The molecule has 0 heterocycles. The van der Waals surface area contributed by atoms with E-state index in [1.807, 2.05) is 56.3 Å². The van der Waals surface area contributed by atoms with Crippen LogP contribution in [-0.4, -0.2) is 26.3 Å². The Labute approximate surface area is 327 Å². The van der Waals surface area contributed by atoms with Crippen molar-refractivity contribution in [2.45, 2.75) is 156 Å². The molecule has 0 fully saturated rings. The minimum atomic E-state index is -0.0541. The number of benzene rings is 1. The lowest BCUT2D eigenvalue weighted by Gasteiger charge is -2.18. The molecule has 0 aliphatic rings. The molecule has 0 radical (unpaired) electrons. The van der Waals surface area contributed by atoms with E-state index in [1.54, 1.807) is 12.1 Å². The molecule has 0 saturated heterocycles. The molecular weight excluding hydrogens is 669 g/mol. The maximum Gasteiger partial charge on any atom is 0.201 e. The van der Waals surface area contributed by atoms with Crippen molar-refractivity contribution in [3.8, 4) is 33.8 Å². The Hall–Kier alpha value is -3.80. The van der Waals surface area contributed by atoms with Crippen LogP contribution >= 0.6 is 0 Å². The molecule has 54 heavy (non-hydrogen) atoms. The van der Waals surface area contributed by atoms with Gasteiger partial charge in [-0.05, 0) is 68.1 Å². The van der Waals surface area contributed by atoms with E-state index in [1.165, 1.54) is 103 Å². The largest absolute Gasteiger partial charge is 0.493 e. The summed E-state index contributed by atoms with van der Waals surface area (Å²) in [5.74, 6) is 1.49. The zero-order valence-electron chi connectivity index (χ0n) is 34.4. The first-order chi connectivity index (χ1) is 26.5. The molecule has 6 nitrogen and oxygen atoms in total. The highest BCUT2D eigenvalue weighted by molar-refractivity contribution is 5.82. The second-order valence-corrected chi connectivity index (χ2v) is 14.8. The maximum atomic E-state index is 12.9. The molecule has 0 aliphatic heterocycles. The highest BCUT2D eigenvalue weighted by atomic mass is 16.5. The topological polar surface area (TPSA) is 76.7 Å². The molecule has 0 amide bonds. The van der Waals surface area contributed by atoms with Gasteiger partial charge in [0.1, 0.15) is 11.5 Å². The van der Waals surface area contributed by atoms with Gasteiger partial charge < -0.3 is 20.1 Å². The van der Waals surface area contributed by atoms with Crippen molar-refractivity contribution in [3.05, 3.63) is 81.1 Å². The average molecular weight is 741 g/mol. The number of anilines is 2. The summed E-state index contributed by atoms with van der Waals surface area (Å²) < 4.78 is 13.2. The van der Waals surface area contributed by atoms with Gasteiger partial charge in [-0.3, -0.25) is 9.59 Å². The van der Waals surface area contributed by atoms with Crippen molar-refractivity contribution in [1.82, 2.24) is 0 Å². The van der Waals surface area contributed by atoms with E-state index in [0.717, 1.165) is 59.4 Å². The van der Waals surface area contributed by atoms with Crippen molar-refractivity contribution < 1.29 is 9.47 Å². The van der Waals surface area contributed by atoms with E-state index < -0.39 is 0 Å². The van der Waals surface area contributed by atoms with Gasteiger partial charge in [-0.15, -0.1) is 0 Å². The van der Waals surface area contributed by atoms with Crippen LogP contribution in [0.4, 0.5) is 11.4 Å². The Morgan fingerprint density at radius 1 is 0.407 bits per heavy atom. The monoisotopic (exact) mass is 741 g/mol. The van der Waals surface area contributed by atoms with Crippen LogP contribution < -0.4 is 31.0 Å². The van der Waals surface area contributed by atoms with E-state index in [2.05, 4.69) is 30.5 Å². The van der Waals surface area contributed by atoms with Gasteiger partial charge in [0.2, 0.25) is 10.9 Å². The Bertz CT molecular complexity index is 1480. The second kappa shape index (κ2) is 27.7. The summed E-state index contributed by atoms with van der Waals surface area (Å²) in [6.45, 7) is 11.1. The number of ether oxygens (including phenoxy) is 2. The predicted octanol–water partition coefficient (Wildman–Crippen LogP) is 13.2. The summed E-state index contributed by atoms with van der Waals surface area (Å²) >= 11 is 0. The third-order valence-electron chi connectivity index (χ3n) is 10.2. The molecule has 3 aromatic rings. The number of hydrogen-bond acceptors (Lipinski definition) is 6. The van der Waals surface area contributed by atoms with E-state index in [-0.39, 0.29) is 10.9 Å². The van der Waals surface area contributed by atoms with E-state index in [9.17, 15) is 9.59 Å².